The van der Waals surface area contributed by atoms with Gasteiger partial charge in [-0.1, -0.05) is 17.7 Å². The van der Waals surface area contributed by atoms with Gasteiger partial charge in [-0.05, 0) is 55.4 Å². The van der Waals surface area contributed by atoms with Gasteiger partial charge >= 0.3 is 0 Å². The molecule has 0 amide bonds. The van der Waals surface area contributed by atoms with Crippen molar-refractivity contribution in [3.63, 3.8) is 0 Å². The van der Waals surface area contributed by atoms with E-state index in [1.165, 1.54) is 11.1 Å². The number of aliphatic hydroxyl groups is 1. The molecule has 2 aliphatic carbocycles. The highest BCUT2D eigenvalue weighted by Gasteiger charge is 2.50. The summed E-state index contributed by atoms with van der Waals surface area (Å²) in [6.07, 6.45) is 6.79. The van der Waals surface area contributed by atoms with E-state index in [0.717, 1.165) is 56.0 Å². The molecule has 1 N–H and O–H groups in total. The molecule has 2 aromatic rings. The molecular formula is C21H23ClN4O2S. The van der Waals surface area contributed by atoms with Crippen LogP contribution in [0.3, 0.4) is 0 Å². The van der Waals surface area contributed by atoms with Crippen molar-refractivity contribution < 1.29 is 9.32 Å². The van der Waals surface area contributed by atoms with Crippen LogP contribution in [0.15, 0.2) is 29.3 Å². The van der Waals surface area contributed by atoms with Crippen LogP contribution in [0.1, 0.15) is 30.4 Å². The van der Waals surface area contributed by atoms with Crippen LogP contribution in [0.2, 0.25) is 5.02 Å². The van der Waals surface area contributed by atoms with E-state index in [4.69, 9.17) is 16.6 Å². The molecular weight excluding hydrogens is 408 g/mol. The molecule has 6 nitrogen and oxygen atoms in total. The van der Waals surface area contributed by atoms with E-state index >= 15 is 0 Å². The van der Waals surface area contributed by atoms with E-state index < -0.39 is 10.8 Å². The lowest BCUT2D eigenvalue weighted by Gasteiger charge is -2.49. The molecule has 3 heterocycles. The molecule has 1 aromatic carbocycles. The normalized spacial score (nSPS) is 25.5. The largest absolute Gasteiger partial charge is 0.394 e. The highest BCUT2D eigenvalue weighted by Crippen LogP contribution is 2.47. The summed E-state index contributed by atoms with van der Waals surface area (Å²) >= 11 is 6.17. The van der Waals surface area contributed by atoms with E-state index in [2.05, 4.69) is 26.9 Å². The highest BCUT2D eigenvalue weighted by molar-refractivity contribution is 7.85. The van der Waals surface area contributed by atoms with Crippen LogP contribution < -0.4 is 9.80 Å². The Morgan fingerprint density at radius 3 is 2.72 bits per heavy atom. The summed E-state index contributed by atoms with van der Waals surface area (Å²) in [6.45, 7) is 1.93. The van der Waals surface area contributed by atoms with Crippen LogP contribution >= 0.6 is 11.6 Å². The fraction of sp³-hybridized carbons (Fsp3) is 0.524. The number of fused-ring (bicyclic) bond motifs is 2. The maximum atomic E-state index is 12.6. The molecule has 1 saturated heterocycles. The van der Waals surface area contributed by atoms with Crippen molar-refractivity contribution in [3.8, 4) is 0 Å². The van der Waals surface area contributed by atoms with Gasteiger partial charge in [-0.3, -0.25) is 4.21 Å². The molecule has 152 valence electrons. The molecule has 2 fully saturated rings. The molecule has 1 spiro atoms. The van der Waals surface area contributed by atoms with Crippen molar-refractivity contribution in [2.75, 3.05) is 35.4 Å². The van der Waals surface area contributed by atoms with E-state index in [-0.39, 0.29) is 17.6 Å². The molecule has 8 heteroatoms. The molecule has 4 aliphatic rings. The number of nitrogens with zero attached hydrogens (tertiary/aromatic N) is 4. The van der Waals surface area contributed by atoms with Crippen LogP contribution in [-0.2, 0) is 23.6 Å². The van der Waals surface area contributed by atoms with E-state index in [1.54, 1.807) is 6.20 Å². The summed E-state index contributed by atoms with van der Waals surface area (Å²) < 4.78 is 12.6. The Morgan fingerprint density at radius 1 is 1.21 bits per heavy atom. The fourth-order valence-corrected chi connectivity index (χ4v) is 6.99. The minimum Gasteiger partial charge on any atom is -0.394 e. The van der Waals surface area contributed by atoms with Crippen molar-refractivity contribution in [1.82, 2.24) is 9.97 Å². The van der Waals surface area contributed by atoms with Gasteiger partial charge in [-0.15, -0.1) is 0 Å². The van der Waals surface area contributed by atoms with E-state index in [0.29, 0.717) is 16.7 Å². The van der Waals surface area contributed by atoms with Gasteiger partial charge in [-0.25, -0.2) is 4.98 Å². The van der Waals surface area contributed by atoms with Crippen LogP contribution in [0.4, 0.5) is 11.8 Å². The van der Waals surface area contributed by atoms with Gasteiger partial charge in [0.2, 0.25) is 5.95 Å². The average Bonchev–Trinajstić information content (AvgIpc) is 3.18. The Bertz CT molecular complexity index is 1030. The maximum absolute atomic E-state index is 12.6. The first kappa shape index (κ1) is 18.1. The number of hydrogen-bond acceptors (Lipinski definition) is 6. The van der Waals surface area contributed by atoms with Gasteiger partial charge < -0.3 is 14.9 Å². The van der Waals surface area contributed by atoms with Crippen LogP contribution in [0.25, 0.3) is 0 Å². The molecule has 2 aliphatic heterocycles. The second-order valence-electron chi connectivity index (χ2n) is 9.12. The van der Waals surface area contributed by atoms with Crippen molar-refractivity contribution >= 4 is 34.2 Å². The number of halogens is 1. The zero-order chi connectivity index (χ0) is 19.8. The first-order chi connectivity index (χ1) is 14.0. The van der Waals surface area contributed by atoms with Crippen molar-refractivity contribution in [3.05, 3.63) is 40.5 Å². The number of aliphatic hydroxyl groups excluding tert-OH is 1. The Morgan fingerprint density at radius 2 is 2.00 bits per heavy atom. The molecule has 1 atom stereocenters. The lowest BCUT2D eigenvalue weighted by atomic mass is 9.76. The third-order valence-corrected chi connectivity index (χ3v) is 8.76. The van der Waals surface area contributed by atoms with Gasteiger partial charge in [0, 0.05) is 23.5 Å². The molecule has 1 saturated carbocycles. The predicted molar refractivity (Wildman–Crippen MR) is 113 cm³/mol. The van der Waals surface area contributed by atoms with Crippen molar-refractivity contribution in [2.24, 2.45) is 5.41 Å². The molecule has 1 unspecified atom stereocenters. The second-order valence-corrected chi connectivity index (χ2v) is 10.9. The topological polar surface area (TPSA) is 69.6 Å². The van der Waals surface area contributed by atoms with Crippen LogP contribution in [-0.4, -0.2) is 50.4 Å². The summed E-state index contributed by atoms with van der Waals surface area (Å²) in [6, 6.07) is 6.23. The molecule has 0 radical (unpaired) electrons. The summed E-state index contributed by atoms with van der Waals surface area (Å²) in [5, 5.41) is 10.8. The predicted octanol–water partition coefficient (Wildman–Crippen LogP) is 2.54. The smallest absolute Gasteiger partial charge is 0.227 e. The monoisotopic (exact) mass is 430 g/mol. The number of aromatic nitrogens is 2. The minimum atomic E-state index is -1.13. The highest BCUT2D eigenvalue weighted by atomic mass is 35.5. The van der Waals surface area contributed by atoms with Gasteiger partial charge in [0.25, 0.3) is 0 Å². The third kappa shape index (κ3) is 2.60. The first-order valence-electron chi connectivity index (χ1n) is 10.2. The zero-order valence-electron chi connectivity index (χ0n) is 16.1. The summed E-state index contributed by atoms with van der Waals surface area (Å²) in [5.41, 5.74) is 2.72. The summed E-state index contributed by atoms with van der Waals surface area (Å²) in [5.74, 6) is 1.87. The summed E-state index contributed by atoms with van der Waals surface area (Å²) in [4.78, 5) is 14.4. The lowest BCUT2D eigenvalue weighted by Crippen LogP contribution is -2.58. The number of hydrogen-bond donors (Lipinski definition) is 1. The maximum Gasteiger partial charge on any atom is 0.227 e. The lowest BCUT2D eigenvalue weighted by molar-refractivity contribution is 0.119. The SMILES string of the molecule is O=S1CN(C2(CO)CCC2)c2nc(N3CC4(Cc5ccc(Cl)cc5C4)C3)ncc21. The number of anilines is 2. The quantitative estimate of drug-likeness (QED) is 0.807. The average molecular weight is 431 g/mol. The van der Waals surface area contributed by atoms with E-state index in [9.17, 15) is 9.32 Å². The van der Waals surface area contributed by atoms with Crippen LogP contribution in [0, 0.1) is 5.41 Å². The summed E-state index contributed by atoms with van der Waals surface area (Å²) in [7, 11) is -1.13. The Hall–Kier alpha value is -1.70. The fourth-order valence-electron chi connectivity index (χ4n) is 5.50. The Kier molecular flexibility index (Phi) is 3.84. The molecule has 29 heavy (non-hydrogen) atoms. The van der Waals surface area contributed by atoms with Gasteiger partial charge in [-0.2, -0.15) is 4.98 Å². The molecule has 6 rings (SSSR count). The molecule has 0 bridgehead atoms. The standard InChI is InChI=1S/C21H23ClN4O2S/c22-16-3-2-14-7-20(8-15(14)6-16)10-25(11-20)19-23-9-17-18(24-19)26(13-29(17)28)21(12-27)4-1-5-21/h2-3,6,9,27H,1,4-5,7-8,10-13H2. The third-order valence-electron chi connectivity index (χ3n) is 7.26. The van der Waals surface area contributed by atoms with Crippen molar-refractivity contribution in [2.45, 2.75) is 42.5 Å². The van der Waals surface area contributed by atoms with Gasteiger partial charge in [0.05, 0.1) is 29.1 Å². The van der Waals surface area contributed by atoms with E-state index in [1.807, 2.05) is 6.07 Å². The van der Waals surface area contributed by atoms with Gasteiger partial charge in [0.1, 0.15) is 10.8 Å². The zero-order valence-corrected chi connectivity index (χ0v) is 17.7. The minimum absolute atomic E-state index is 0.0800. The van der Waals surface area contributed by atoms with Gasteiger partial charge in [0.15, 0.2) is 5.82 Å². The second kappa shape index (κ2) is 6.15. The van der Waals surface area contributed by atoms with Crippen molar-refractivity contribution in [1.29, 1.82) is 0 Å². The number of benzene rings is 1. The Labute approximate surface area is 177 Å². The Balaban J connectivity index is 1.25. The van der Waals surface area contributed by atoms with Crippen LogP contribution in [0.5, 0.6) is 0 Å². The first-order valence-corrected chi connectivity index (χ1v) is 11.9. The molecule has 1 aromatic heterocycles. The number of rotatable bonds is 3.